The van der Waals surface area contributed by atoms with Gasteiger partial charge in [0.05, 0.1) is 23.1 Å². The Bertz CT molecular complexity index is 1240. The quantitative estimate of drug-likeness (QED) is 0.407. The summed E-state index contributed by atoms with van der Waals surface area (Å²) in [5.74, 6) is -0.224. The van der Waals surface area contributed by atoms with Crippen LogP contribution in [0, 0.1) is 12.7 Å². The Morgan fingerprint density at radius 1 is 1.26 bits per heavy atom. The molecule has 3 aromatic rings. The molecule has 0 bridgehead atoms. The zero-order chi connectivity index (χ0) is 25.0. The number of hydrogen-bond acceptors (Lipinski definition) is 8. The number of likely N-dealkylation sites (tertiary alicyclic amines) is 1. The number of nitrogens with zero attached hydrogens (tertiary/aromatic N) is 4. The van der Waals surface area contributed by atoms with Crippen LogP contribution in [0.5, 0.6) is 5.75 Å². The fourth-order valence-corrected chi connectivity index (χ4v) is 8.30. The minimum Gasteiger partial charge on any atom is -0.506 e. The van der Waals surface area contributed by atoms with Crippen LogP contribution in [0.2, 0.25) is 0 Å². The number of piperidine rings is 1. The molecule has 0 aliphatic carbocycles. The van der Waals surface area contributed by atoms with E-state index >= 15 is 0 Å². The largest absolute Gasteiger partial charge is 0.506 e. The first-order valence-electron chi connectivity index (χ1n) is 11.6. The summed E-state index contributed by atoms with van der Waals surface area (Å²) in [6.45, 7) is 6.01. The maximum absolute atomic E-state index is 14.1. The van der Waals surface area contributed by atoms with E-state index in [-0.39, 0.29) is 11.8 Å². The van der Waals surface area contributed by atoms with Crippen molar-refractivity contribution in [2.75, 3.05) is 24.4 Å². The molecule has 0 radical (unpaired) electrons. The van der Waals surface area contributed by atoms with E-state index in [2.05, 4.69) is 16.8 Å². The molecule has 1 spiro atoms. The van der Waals surface area contributed by atoms with E-state index in [1.807, 2.05) is 24.4 Å². The summed E-state index contributed by atoms with van der Waals surface area (Å²) < 4.78 is 39.4. The average Bonchev–Trinajstić information content (AvgIpc) is 3.29. The fraction of sp³-hybridized carbons (Fsp3) is 0.400. The number of thiophene rings is 1. The molecule has 2 fully saturated rings. The van der Waals surface area contributed by atoms with Gasteiger partial charge in [0.1, 0.15) is 11.6 Å². The van der Waals surface area contributed by atoms with Crippen LogP contribution in [0.3, 0.4) is 0 Å². The summed E-state index contributed by atoms with van der Waals surface area (Å²) in [5.41, 5.74) is 2.78. The highest BCUT2D eigenvalue weighted by Crippen LogP contribution is 2.61. The molecule has 1 aromatic carbocycles. The molecule has 0 amide bonds. The van der Waals surface area contributed by atoms with Gasteiger partial charge in [-0.25, -0.2) is 4.39 Å². The number of hydrogen-bond donors (Lipinski definition) is 3. The minimum absolute atomic E-state index is 0.129. The van der Waals surface area contributed by atoms with Gasteiger partial charge < -0.3 is 5.11 Å². The Hall–Kier alpha value is -2.21. The standard InChI is InChI=1S/C25H31FN4O3S2/c1-17-7-10-34-24(17)22-12-20(27-14-23(22)31)15-29-9-8-25(13-18(29)2)16-28(3)35(32,33)30(25)21-6-4-5-19(26)11-21/h4-7,10-12,14,18,31-33H,8-9,13,15-16H2,1-3H3/t18-,25+/m0/s1. The number of aryl methyl sites for hydroxylation is 1. The molecule has 10 heteroatoms. The summed E-state index contributed by atoms with van der Waals surface area (Å²) >= 11 is 1.60. The van der Waals surface area contributed by atoms with Crippen molar-refractivity contribution in [3.8, 4) is 16.2 Å². The van der Waals surface area contributed by atoms with Crippen LogP contribution >= 0.6 is 22.3 Å². The van der Waals surface area contributed by atoms with Crippen molar-refractivity contribution in [2.24, 2.45) is 0 Å². The Morgan fingerprint density at radius 3 is 2.74 bits per heavy atom. The van der Waals surface area contributed by atoms with Crippen LogP contribution in [-0.4, -0.2) is 60.1 Å². The average molecular weight is 519 g/mol. The molecule has 7 nitrogen and oxygen atoms in total. The molecular formula is C25H31FN4O3S2. The summed E-state index contributed by atoms with van der Waals surface area (Å²) in [5, 5.41) is 12.4. The molecule has 2 saturated heterocycles. The third kappa shape index (κ3) is 4.32. The normalized spacial score (nSPS) is 25.9. The Labute approximate surface area is 211 Å². The lowest BCUT2D eigenvalue weighted by Crippen LogP contribution is -2.57. The van der Waals surface area contributed by atoms with E-state index in [0.29, 0.717) is 31.6 Å². The molecular weight excluding hydrogens is 487 g/mol. The Kier molecular flexibility index (Phi) is 6.31. The van der Waals surface area contributed by atoms with Crippen molar-refractivity contribution in [3.05, 3.63) is 65.0 Å². The third-order valence-corrected chi connectivity index (χ3v) is 10.3. The van der Waals surface area contributed by atoms with Crippen LogP contribution in [0.1, 0.15) is 31.0 Å². The lowest BCUT2D eigenvalue weighted by Gasteiger charge is -2.51. The molecule has 2 aliphatic rings. The minimum atomic E-state index is -3.24. The number of rotatable bonds is 4. The van der Waals surface area contributed by atoms with Crippen molar-refractivity contribution in [1.82, 2.24) is 14.2 Å². The number of halogens is 1. The van der Waals surface area contributed by atoms with Gasteiger partial charge in [0, 0.05) is 43.2 Å². The maximum atomic E-state index is 14.1. The monoisotopic (exact) mass is 518 g/mol. The van der Waals surface area contributed by atoms with Crippen LogP contribution < -0.4 is 4.31 Å². The molecule has 0 saturated carbocycles. The second-order valence-electron chi connectivity index (χ2n) is 9.67. The molecule has 188 valence electrons. The predicted octanol–water partition coefficient (Wildman–Crippen LogP) is 5.72. The number of anilines is 1. The Morgan fingerprint density at radius 2 is 2.06 bits per heavy atom. The molecule has 2 atom stereocenters. The second kappa shape index (κ2) is 9.02. The van der Waals surface area contributed by atoms with Crippen LogP contribution in [0.15, 0.2) is 48.0 Å². The van der Waals surface area contributed by atoms with E-state index in [4.69, 9.17) is 0 Å². The van der Waals surface area contributed by atoms with Gasteiger partial charge in [0.15, 0.2) is 0 Å². The first-order chi connectivity index (χ1) is 16.6. The lowest BCUT2D eigenvalue weighted by atomic mass is 9.83. The van der Waals surface area contributed by atoms with E-state index in [0.717, 1.165) is 28.2 Å². The highest BCUT2D eigenvalue weighted by Gasteiger charge is 2.55. The Balaban J connectivity index is 1.39. The van der Waals surface area contributed by atoms with E-state index in [1.54, 1.807) is 39.1 Å². The van der Waals surface area contributed by atoms with Gasteiger partial charge in [-0.1, -0.05) is 17.0 Å². The zero-order valence-electron chi connectivity index (χ0n) is 20.1. The van der Waals surface area contributed by atoms with E-state index in [1.165, 1.54) is 18.3 Å². The second-order valence-corrected chi connectivity index (χ2v) is 12.6. The van der Waals surface area contributed by atoms with Crippen LogP contribution in [-0.2, 0) is 6.54 Å². The SMILES string of the molecule is Cc1ccsc1-c1cc(CN2CC[C@@]3(C[C@@H]2C)CN(C)S(O)(O)N3c2cccc(F)c2)ncc1O. The van der Waals surface area contributed by atoms with Crippen molar-refractivity contribution in [3.63, 3.8) is 0 Å². The number of pyridine rings is 1. The summed E-state index contributed by atoms with van der Waals surface area (Å²) in [7, 11) is -1.53. The van der Waals surface area contributed by atoms with Crippen molar-refractivity contribution < 1.29 is 18.6 Å². The molecule has 35 heavy (non-hydrogen) atoms. The van der Waals surface area contributed by atoms with Crippen molar-refractivity contribution >= 4 is 28.0 Å². The first-order valence-corrected chi connectivity index (χ1v) is 14.0. The van der Waals surface area contributed by atoms with Crippen molar-refractivity contribution in [2.45, 2.75) is 44.8 Å². The predicted molar refractivity (Wildman–Crippen MR) is 140 cm³/mol. The van der Waals surface area contributed by atoms with E-state index in [9.17, 15) is 18.6 Å². The topological polar surface area (TPSA) is 83.3 Å². The molecule has 4 heterocycles. The highest BCUT2D eigenvalue weighted by molar-refractivity contribution is 8.23. The van der Waals surface area contributed by atoms with Crippen LogP contribution in [0.25, 0.3) is 10.4 Å². The number of aromatic hydroxyl groups is 1. The lowest BCUT2D eigenvalue weighted by molar-refractivity contribution is 0.0992. The van der Waals surface area contributed by atoms with Crippen molar-refractivity contribution in [1.29, 1.82) is 0 Å². The summed E-state index contributed by atoms with van der Waals surface area (Å²) in [6, 6.07) is 10.2. The van der Waals surface area contributed by atoms with Gasteiger partial charge in [-0.05, 0) is 68.0 Å². The highest BCUT2D eigenvalue weighted by atomic mass is 32.3. The van der Waals surface area contributed by atoms with Crippen LogP contribution in [0.4, 0.5) is 10.1 Å². The molecule has 2 aliphatic heterocycles. The first kappa shape index (κ1) is 24.5. The fourth-order valence-electron chi connectivity index (χ4n) is 5.51. The van der Waals surface area contributed by atoms with E-state index < -0.39 is 22.3 Å². The van der Waals surface area contributed by atoms with Gasteiger partial charge >= 0.3 is 0 Å². The smallest absolute Gasteiger partial charge is 0.142 e. The number of benzene rings is 1. The maximum Gasteiger partial charge on any atom is 0.142 e. The zero-order valence-corrected chi connectivity index (χ0v) is 21.7. The summed E-state index contributed by atoms with van der Waals surface area (Å²) in [4.78, 5) is 7.86. The van der Waals surface area contributed by atoms with Gasteiger partial charge in [-0.2, -0.15) is 4.31 Å². The van der Waals surface area contributed by atoms with Gasteiger partial charge in [-0.3, -0.25) is 23.3 Å². The summed E-state index contributed by atoms with van der Waals surface area (Å²) in [6.07, 6.45) is 2.91. The number of likely N-dealkylation sites (N-methyl/N-ethyl adjacent to an activating group) is 1. The molecule has 3 N–H and O–H groups in total. The molecule has 2 aromatic heterocycles. The molecule has 5 rings (SSSR count). The van der Waals surface area contributed by atoms with Gasteiger partial charge in [0.2, 0.25) is 0 Å². The third-order valence-electron chi connectivity index (χ3n) is 7.23. The van der Waals surface area contributed by atoms with Gasteiger partial charge in [-0.15, -0.1) is 11.3 Å². The number of aromatic nitrogens is 1. The molecule has 0 unspecified atom stereocenters. The van der Waals surface area contributed by atoms with Gasteiger partial charge in [0.25, 0.3) is 0 Å².